The first-order valence-corrected chi connectivity index (χ1v) is 6.55. The van der Waals surface area contributed by atoms with Crippen LogP contribution in [0.3, 0.4) is 0 Å². The van der Waals surface area contributed by atoms with Gasteiger partial charge in [-0.1, -0.05) is 19.0 Å². The van der Waals surface area contributed by atoms with Crippen LogP contribution >= 0.6 is 11.8 Å². The second kappa shape index (κ2) is 5.16. The summed E-state index contributed by atoms with van der Waals surface area (Å²) in [5.74, 6) is 2.10. The number of hydrogen-bond acceptors (Lipinski definition) is 6. The molecule has 0 aliphatic carbocycles. The van der Waals surface area contributed by atoms with Gasteiger partial charge >= 0.3 is 0 Å². The zero-order valence-electron chi connectivity index (χ0n) is 9.51. The normalized spacial score (nSPS) is 25.5. The molecule has 1 aliphatic rings. The van der Waals surface area contributed by atoms with Crippen molar-refractivity contribution in [2.45, 2.75) is 43.4 Å². The fourth-order valence-electron chi connectivity index (χ4n) is 1.61. The summed E-state index contributed by atoms with van der Waals surface area (Å²) in [4.78, 5) is 4.33. The second-order valence-corrected chi connectivity index (χ2v) is 5.82. The lowest BCUT2D eigenvalue weighted by Crippen LogP contribution is -2.15. The van der Waals surface area contributed by atoms with Crippen molar-refractivity contribution in [2.75, 3.05) is 6.54 Å². The molecule has 2 heterocycles. The first-order valence-electron chi connectivity index (χ1n) is 5.50. The maximum atomic E-state index is 9.39. The summed E-state index contributed by atoms with van der Waals surface area (Å²) in [6.45, 7) is 4.88. The van der Waals surface area contributed by atoms with Gasteiger partial charge in [0.15, 0.2) is 5.82 Å². The van der Waals surface area contributed by atoms with E-state index in [0.717, 1.165) is 11.6 Å². The third-order valence-corrected chi connectivity index (χ3v) is 3.53. The van der Waals surface area contributed by atoms with Gasteiger partial charge in [0.2, 0.25) is 5.89 Å². The summed E-state index contributed by atoms with van der Waals surface area (Å²) in [5, 5.41) is 17.0. The molecule has 90 valence electrons. The van der Waals surface area contributed by atoms with E-state index in [1.54, 1.807) is 11.8 Å². The molecule has 5 nitrogen and oxygen atoms in total. The lowest BCUT2D eigenvalue weighted by atomic mass is 10.2. The molecule has 0 saturated carbocycles. The van der Waals surface area contributed by atoms with Crippen molar-refractivity contribution in [3.63, 3.8) is 0 Å². The van der Waals surface area contributed by atoms with Gasteiger partial charge in [-0.15, -0.1) is 0 Å². The molecule has 2 atom stereocenters. The van der Waals surface area contributed by atoms with Crippen LogP contribution in [0.25, 0.3) is 0 Å². The van der Waals surface area contributed by atoms with E-state index in [0.29, 0.717) is 24.1 Å². The fraction of sp³-hybridized carbons (Fsp3) is 0.800. The van der Waals surface area contributed by atoms with E-state index < -0.39 is 0 Å². The van der Waals surface area contributed by atoms with Crippen LogP contribution in [-0.4, -0.2) is 33.1 Å². The monoisotopic (exact) mass is 243 g/mol. The van der Waals surface area contributed by atoms with Crippen LogP contribution in [0.1, 0.15) is 38.0 Å². The van der Waals surface area contributed by atoms with E-state index in [-0.39, 0.29) is 12.1 Å². The number of nitrogens with zero attached hydrogens (tertiary/aromatic N) is 2. The molecule has 0 aromatic carbocycles. The van der Waals surface area contributed by atoms with Crippen LogP contribution < -0.4 is 5.32 Å². The molecule has 0 amide bonds. The topological polar surface area (TPSA) is 71.2 Å². The van der Waals surface area contributed by atoms with Crippen molar-refractivity contribution in [2.24, 2.45) is 0 Å². The SMILES string of the molecule is CC(C)SCc1noc([C@H]2C[C@@H](O)CN2)n1. The molecule has 1 aromatic rings. The van der Waals surface area contributed by atoms with Gasteiger partial charge in [0.25, 0.3) is 0 Å². The summed E-state index contributed by atoms with van der Waals surface area (Å²) in [6.07, 6.45) is 0.351. The Balaban J connectivity index is 1.91. The summed E-state index contributed by atoms with van der Waals surface area (Å²) < 4.78 is 5.18. The first-order chi connectivity index (χ1) is 7.65. The summed E-state index contributed by atoms with van der Waals surface area (Å²) in [5.41, 5.74) is 0. The Morgan fingerprint density at radius 2 is 2.44 bits per heavy atom. The lowest BCUT2D eigenvalue weighted by Gasteiger charge is -2.02. The number of rotatable bonds is 4. The summed E-state index contributed by atoms with van der Waals surface area (Å²) in [7, 11) is 0. The van der Waals surface area contributed by atoms with Crippen molar-refractivity contribution in [1.82, 2.24) is 15.5 Å². The quantitative estimate of drug-likeness (QED) is 0.825. The molecule has 1 saturated heterocycles. The van der Waals surface area contributed by atoms with Gasteiger partial charge in [-0.05, 0) is 11.7 Å². The number of aliphatic hydroxyl groups excluding tert-OH is 1. The predicted molar refractivity (Wildman–Crippen MR) is 62.1 cm³/mol. The molecule has 1 fully saturated rings. The Morgan fingerprint density at radius 1 is 1.62 bits per heavy atom. The molecule has 6 heteroatoms. The molecule has 1 aromatic heterocycles. The molecular weight excluding hydrogens is 226 g/mol. The second-order valence-electron chi connectivity index (χ2n) is 4.26. The number of hydrogen-bond donors (Lipinski definition) is 2. The minimum Gasteiger partial charge on any atom is -0.392 e. The Hall–Kier alpha value is -0.590. The van der Waals surface area contributed by atoms with E-state index in [4.69, 9.17) is 4.52 Å². The highest BCUT2D eigenvalue weighted by molar-refractivity contribution is 7.99. The van der Waals surface area contributed by atoms with Crippen LogP contribution in [-0.2, 0) is 5.75 Å². The molecule has 0 unspecified atom stereocenters. The summed E-state index contributed by atoms with van der Waals surface area (Å²) >= 11 is 1.79. The Bertz CT molecular complexity index is 343. The average Bonchev–Trinajstić information content (AvgIpc) is 2.83. The smallest absolute Gasteiger partial charge is 0.243 e. The van der Waals surface area contributed by atoms with Crippen LogP contribution in [0, 0.1) is 0 Å². The molecule has 0 spiro atoms. The fourth-order valence-corrected chi connectivity index (χ4v) is 2.21. The van der Waals surface area contributed by atoms with Gasteiger partial charge < -0.3 is 14.9 Å². The molecule has 0 radical (unpaired) electrons. The number of β-amino-alcohol motifs (C(OH)–C–C–N with tert-alkyl or cyclic N) is 1. The maximum Gasteiger partial charge on any atom is 0.243 e. The van der Waals surface area contributed by atoms with Crippen molar-refractivity contribution in [1.29, 1.82) is 0 Å². The highest BCUT2D eigenvalue weighted by Crippen LogP contribution is 2.23. The van der Waals surface area contributed by atoms with Crippen molar-refractivity contribution in [3.05, 3.63) is 11.7 Å². The van der Waals surface area contributed by atoms with Gasteiger partial charge in [-0.25, -0.2) is 0 Å². The molecule has 1 aliphatic heterocycles. The molecule has 16 heavy (non-hydrogen) atoms. The van der Waals surface area contributed by atoms with E-state index >= 15 is 0 Å². The van der Waals surface area contributed by atoms with Crippen LogP contribution in [0.15, 0.2) is 4.52 Å². The van der Waals surface area contributed by atoms with Crippen molar-refractivity contribution in [3.8, 4) is 0 Å². The van der Waals surface area contributed by atoms with Gasteiger partial charge in [0.05, 0.1) is 17.9 Å². The zero-order chi connectivity index (χ0) is 11.5. The Labute approximate surface area is 99.0 Å². The number of aromatic nitrogens is 2. The largest absolute Gasteiger partial charge is 0.392 e. The lowest BCUT2D eigenvalue weighted by molar-refractivity contribution is 0.191. The molecule has 0 bridgehead atoms. The van der Waals surface area contributed by atoms with E-state index in [1.807, 2.05) is 0 Å². The van der Waals surface area contributed by atoms with Gasteiger partial charge in [-0.3, -0.25) is 0 Å². The summed E-state index contributed by atoms with van der Waals surface area (Å²) in [6, 6.07) is 0.0142. The molecule has 2 rings (SSSR count). The van der Waals surface area contributed by atoms with Crippen LogP contribution in [0.4, 0.5) is 0 Å². The third kappa shape index (κ3) is 2.96. The van der Waals surface area contributed by atoms with Gasteiger partial charge in [0, 0.05) is 6.54 Å². The first kappa shape index (κ1) is 11.9. The van der Waals surface area contributed by atoms with E-state index in [1.165, 1.54) is 0 Å². The Kier molecular flexibility index (Phi) is 3.83. The van der Waals surface area contributed by atoms with Gasteiger partial charge in [0.1, 0.15) is 0 Å². The molecular formula is C10H17N3O2S. The Morgan fingerprint density at radius 3 is 3.06 bits per heavy atom. The maximum absolute atomic E-state index is 9.39. The molecule has 2 N–H and O–H groups in total. The average molecular weight is 243 g/mol. The predicted octanol–water partition coefficient (Wildman–Crippen LogP) is 1.11. The van der Waals surface area contributed by atoms with Crippen LogP contribution in [0.5, 0.6) is 0 Å². The van der Waals surface area contributed by atoms with Crippen molar-refractivity contribution >= 4 is 11.8 Å². The minimum absolute atomic E-state index is 0.0142. The number of aliphatic hydroxyl groups is 1. The third-order valence-electron chi connectivity index (χ3n) is 2.44. The van der Waals surface area contributed by atoms with Gasteiger partial charge in [-0.2, -0.15) is 16.7 Å². The minimum atomic E-state index is -0.301. The highest BCUT2D eigenvalue weighted by atomic mass is 32.2. The van der Waals surface area contributed by atoms with Crippen molar-refractivity contribution < 1.29 is 9.63 Å². The zero-order valence-corrected chi connectivity index (χ0v) is 10.3. The van der Waals surface area contributed by atoms with E-state index in [2.05, 4.69) is 29.3 Å². The van der Waals surface area contributed by atoms with E-state index in [9.17, 15) is 5.11 Å². The standard InChI is InChI=1S/C10H17N3O2S/c1-6(2)16-5-9-12-10(15-13-9)8-3-7(14)4-11-8/h6-8,11,14H,3-5H2,1-2H3/t7-,8-/m1/s1. The highest BCUT2D eigenvalue weighted by Gasteiger charge is 2.27. The number of thioether (sulfide) groups is 1. The van der Waals surface area contributed by atoms with Crippen LogP contribution in [0.2, 0.25) is 0 Å². The number of nitrogens with one attached hydrogen (secondary N) is 1.